The first-order valence-corrected chi connectivity index (χ1v) is 9.93. The lowest BCUT2D eigenvalue weighted by molar-refractivity contribution is -0.138. The number of hydrogen-bond donors (Lipinski definition) is 1. The summed E-state index contributed by atoms with van der Waals surface area (Å²) in [4.78, 5) is 28.5. The summed E-state index contributed by atoms with van der Waals surface area (Å²) in [5.74, 6) is -1.48. The maximum atomic E-state index is 13.2. The molecule has 1 N–H and O–H groups in total. The minimum atomic E-state index is -4.71. The van der Waals surface area contributed by atoms with Crippen LogP contribution in [0, 0.1) is 5.82 Å². The van der Waals surface area contributed by atoms with Gasteiger partial charge in [-0.05, 0) is 36.2 Å². The summed E-state index contributed by atoms with van der Waals surface area (Å²) in [6, 6.07) is 11.3. The average molecular weight is 437 g/mol. The summed E-state index contributed by atoms with van der Waals surface area (Å²) >= 11 is 0. The molecule has 31 heavy (non-hydrogen) atoms. The van der Waals surface area contributed by atoms with Gasteiger partial charge >= 0.3 is 6.18 Å². The number of halogens is 4. The third-order valence-corrected chi connectivity index (χ3v) is 5.12. The maximum Gasteiger partial charge on any atom is 0.416 e. The number of hydrogen-bond acceptors (Lipinski definition) is 3. The first-order valence-electron chi connectivity index (χ1n) is 9.93. The normalized spacial score (nSPS) is 15.4. The number of nitrogens with zero attached hydrogens (tertiary/aromatic N) is 2. The van der Waals surface area contributed by atoms with Crippen LogP contribution in [0.15, 0.2) is 48.5 Å². The Balaban J connectivity index is 1.52. The number of carbonyl (C=O) groups is 2. The highest BCUT2D eigenvalue weighted by molar-refractivity contribution is 5.94. The van der Waals surface area contributed by atoms with E-state index in [1.807, 2.05) is 11.0 Å². The van der Waals surface area contributed by atoms with Crippen LogP contribution in [-0.2, 0) is 17.5 Å². The summed E-state index contributed by atoms with van der Waals surface area (Å²) in [7, 11) is 0. The fourth-order valence-electron chi connectivity index (χ4n) is 3.51. The molecule has 0 unspecified atom stereocenters. The smallest absolute Gasteiger partial charge is 0.351 e. The van der Waals surface area contributed by atoms with Gasteiger partial charge in [0.15, 0.2) is 0 Å². The molecule has 1 saturated heterocycles. The van der Waals surface area contributed by atoms with Crippen LogP contribution < -0.4 is 5.32 Å². The van der Waals surface area contributed by atoms with Gasteiger partial charge in [-0.15, -0.1) is 0 Å². The van der Waals surface area contributed by atoms with E-state index in [-0.39, 0.29) is 24.6 Å². The van der Waals surface area contributed by atoms with E-state index in [4.69, 9.17) is 0 Å². The van der Waals surface area contributed by atoms with Gasteiger partial charge in [0.25, 0.3) is 5.91 Å². The zero-order valence-electron chi connectivity index (χ0n) is 16.8. The predicted octanol–water partition coefficient (Wildman–Crippen LogP) is 3.31. The molecular weight excluding hydrogens is 414 g/mol. The van der Waals surface area contributed by atoms with E-state index < -0.39 is 23.5 Å². The Morgan fingerprint density at radius 1 is 0.968 bits per heavy atom. The minimum Gasteiger partial charge on any atom is -0.351 e. The largest absolute Gasteiger partial charge is 0.416 e. The maximum absolute atomic E-state index is 13.2. The van der Waals surface area contributed by atoms with E-state index in [1.54, 1.807) is 29.2 Å². The fraction of sp³-hybridized carbons (Fsp3) is 0.364. The first kappa shape index (κ1) is 22.7. The molecule has 0 saturated carbocycles. The minimum absolute atomic E-state index is 0.00983. The SMILES string of the molecule is O=C(CN1CCCN(C(=O)c2ccccc2)CC1)NCc1ccc(F)cc1C(F)(F)F. The molecule has 2 amide bonds. The number of alkyl halides is 3. The second kappa shape index (κ2) is 9.91. The van der Waals surface area contributed by atoms with Crippen molar-refractivity contribution >= 4 is 11.8 Å². The Morgan fingerprint density at radius 3 is 2.42 bits per heavy atom. The molecule has 0 bridgehead atoms. The van der Waals surface area contributed by atoms with Crippen LogP contribution in [0.1, 0.15) is 27.9 Å². The van der Waals surface area contributed by atoms with E-state index >= 15 is 0 Å². The van der Waals surface area contributed by atoms with Gasteiger partial charge in [-0.25, -0.2) is 4.39 Å². The molecule has 5 nitrogen and oxygen atoms in total. The predicted molar refractivity (Wildman–Crippen MR) is 107 cm³/mol. The molecule has 1 fully saturated rings. The standard InChI is InChI=1S/C22H23F4N3O2/c23-18-8-7-17(19(13-18)22(24,25)26)14-27-20(30)15-28-9-4-10-29(12-11-28)21(31)16-5-2-1-3-6-16/h1-3,5-8,13H,4,9-12,14-15H2,(H,27,30). The van der Waals surface area contributed by atoms with E-state index in [9.17, 15) is 27.2 Å². The topological polar surface area (TPSA) is 52.7 Å². The highest BCUT2D eigenvalue weighted by atomic mass is 19.4. The molecule has 1 aliphatic rings. The summed E-state index contributed by atoms with van der Waals surface area (Å²) < 4.78 is 52.4. The monoisotopic (exact) mass is 437 g/mol. The van der Waals surface area contributed by atoms with Gasteiger partial charge in [0.2, 0.25) is 5.91 Å². The van der Waals surface area contributed by atoms with Crippen molar-refractivity contribution in [3.8, 4) is 0 Å². The Bertz CT molecular complexity index is 919. The highest BCUT2D eigenvalue weighted by Gasteiger charge is 2.33. The van der Waals surface area contributed by atoms with Crippen molar-refractivity contribution in [2.75, 3.05) is 32.7 Å². The Kier molecular flexibility index (Phi) is 7.27. The number of carbonyl (C=O) groups excluding carboxylic acids is 2. The van der Waals surface area contributed by atoms with Gasteiger partial charge < -0.3 is 10.2 Å². The van der Waals surface area contributed by atoms with Gasteiger partial charge in [0.1, 0.15) is 5.82 Å². The van der Waals surface area contributed by atoms with Crippen LogP contribution in [-0.4, -0.2) is 54.3 Å². The van der Waals surface area contributed by atoms with Crippen molar-refractivity contribution < 1.29 is 27.2 Å². The van der Waals surface area contributed by atoms with Gasteiger partial charge in [0.05, 0.1) is 12.1 Å². The van der Waals surface area contributed by atoms with Crippen LogP contribution >= 0.6 is 0 Å². The first-order chi connectivity index (χ1) is 14.7. The summed E-state index contributed by atoms with van der Waals surface area (Å²) in [6.45, 7) is 1.76. The third kappa shape index (κ3) is 6.27. The quantitative estimate of drug-likeness (QED) is 0.731. The molecule has 1 heterocycles. The summed E-state index contributed by atoms with van der Waals surface area (Å²) in [5, 5.41) is 2.47. The van der Waals surface area contributed by atoms with Crippen molar-refractivity contribution in [3.63, 3.8) is 0 Å². The van der Waals surface area contributed by atoms with Crippen molar-refractivity contribution in [1.29, 1.82) is 0 Å². The fourth-order valence-corrected chi connectivity index (χ4v) is 3.51. The van der Waals surface area contributed by atoms with Crippen LogP contribution in [0.4, 0.5) is 17.6 Å². The molecule has 1 aliphatic heterocycles. The molecule has 2 aromatic rings. The summed E-state index contributed by atoms with van der Waals surface area (Å²) in [6.07, 6.45) is -4.02. The van der Waals surface area contributed by atoms with Crippen LogP contribution in [0.5, 0.6) is 0 Å². The number of amides is 2. The molecule has 2 aromatic carbocycles. The molecule has 0 radical (unpaired) electrons. The average Bonchev–Trinajstić information content (AvgIpc) is 2.98. The number of benzene rings is 2. The van der Waals surface area contributed by atoms with Gasteiger partial charge in [0, 0.05) is 38.3 Å². The van der Waals surface area contributed by atoms with Crippen molar-refractivity contribution in [1.82, 2.24) is 15.1 Å². The highest BCUT2D eigenvalue weighted by Crippen LogP contribution is 2.32. The van der Waals surface area contributed by atoms with E-state index in [0.717, 1.165) is 12.1 Å². The Morgan fingerprint density at radius 2 is 1.71 bits per heavy atom. The van der Waals surface area contributed by atoms with Crippen LogP contribution in [0.25, 0.3) is 0 Å². The lowest BCUT2D eigenvalue weighted by Crippen LogP contribution is -2.40. The second-order valence-corrected chi connectivity index (χ2v) is 7.36. The molecule has 0 spiro atoms. The Labute approximate surface area is 177 Å². The number of nitrogens with one attached hydrogen (secondary N) is 1. The second-order valence-electron chi connectivity index (χ2n) is 7.36. The van der Waals surface area contributed by atoms with E-state index in [2.05, 4.69) is 5.32 Å². The molecule has 0 aromatic heterocycles. The molecular formula is C22H23F4N3O2. The molecule has 3 rings (SSSR count). The molecule has 0 aliphatic carbocycles. The summed E-state index contributed by atoms with van der Waals surface area (Å²) in [5.41, 5.74) is -0.691. The lowest BCUT2D eigenvalue weighted by Gasteiger charge is -2.22. The molecule has 166 valence electrons. The molecule has 0 atom stereocenters. The van der Waals surface area contributed by atoms with Gasteiger partial charge in [-0.3, -0.25) is 14.5 Å². The van der Waals surface area contributed by atoms with Crippen LogP contribution in [0.2, 0.25) is 0 Å². The van der Waals surface area contributed by atoms with Crippen molar-refractivity contribution in [2.24, 2.45) is 0 Å². The van der Waals surface area contributed by atoms with E-state index in [0.29, 0.717) is 44.2 Å². The van der Waals surface area contributed by atoms with Gasteiger partial charge in [-0.2, -0.15) is 13.2 Å². The van der Waals surface area contributed by atoms with Crippen molar-refractivity contribution in [3.05, 3.63) is 71.0 Å². The third-order valence-electron chi connectivity index (χ3n) is 5.12. The zero-order valence-corrected chi connectivity index (χ0v) is 16.8. The van der Waals surface area contributed by atoms with Crippen LogP contribution in [0.3, 0.4) is 0 Å². The Hall–Kier alpha value is -2.94. The lowest BCUT2D eigenvalue weighted by atomic mass is 10.1. The van der Waals surface area contributed by atoms with Crippen molar-refractivity contribution in [2.45, 2.75) is 19.1 Å². The molecule has 9 heteroatoms. The zero-order chi connectivity index (χ0) is 22.4. The van der Waals surface area contributed by atoms with Gasteiger partial charge in [-0.1, -0.05) is 24.3 Å². The number of rotatable bonds is 5. The van der Waals surface area contributed by atoms with E-state index in [1.165, 1.54) is 0 Å².